The third-order valence-electron chi connectivity index (χ3n) is 2.99. The minimum Gasteiger partial charge on any atom is -0.398 e. The van der Waals surface area contributed by atoms with Crippen LogP contribution >= 0.6 is 11.6 Å². The van der Waals surface area contributed by atoms with E-state index in [-0.39, 0.29) is 0 Å². The highest BCUT2D eigenvalue weighted by Gasteiger charge is 2.05. The summed E-state index contributed by atoms with van der Waals surface area (Å²) in [6.45, 7) is 0. The number of halogens is 1. The molecule has 88 valence electrons. The molecule has 0 radical (unpaired) electrons. The summed E-state index contributed by atoms with van der Waals surface area (Å²) in [5.41, 5.74) is 8.66. The van der Waals surface area contributed by atoms with E-state index in [4.69, 9.17) is 17.3 Å². The molecule has 2 aromatic carbocycles. The molecule has 3 aromatic rings. The third kappa shape index (κ3) is 1.81. The normalized spacial score (nSPS) is 10.7. The van der Waals surface area contributed by atoms with Gasteiger partial charge in [0.2, 0.25) is 0 Å². The van der Waals surface area contributed by atoms with E-state index in [0.717, 1.165) is 21.9 Å². The number of hydrogen-bond donors (Lipinski definition) is 1. The highest BCUT2D eigenvalue weighted by molar-refractivity contribution is 6.33. The monoisotopic (exact) mass is 254 g/mol. The maximum Gasteiger partial charge on any atom is 0.0635 e. The third-order valence-corrected chi connectivity index (χ3v) is 3.33. The summed E-state index contributed by atoms with van der Waals surface area (Å²) in [7, 11) is 0. The fourth-order valence-corrected chi connectivity index (χ4v) is 2.20. The summed E-state index contributed by atoms with van der Waals surface area (Å²) < 4.78 is 0. The molecule has 0 aliphatic rings. The van der Waals surface area contributed by atoms with Crippen molar-refractivity contribution in [1.82, 2.24) is 4.98 Å². The first-order chi connectivity index (χ1) is 8.75. The van der Waals surface area contributed by atoms with E-state index in [9.17, 15) is 0 Å². The average molecular weight is 255 g/mol. The Morgan fingerprint density at radius 1 is 1.06 bits per heavy atom. The SMILES string of the molecule is Nc1cc(-c2cccc3cnccc23)ccc1Cl. The largest absolute Gasteiger partial charge is 0.398 e. The van der Waals surface area contributed by atoms with Crippen LogP contribution in [0.25, 0.3) is 21.9 Å². The van der Waals surface area contributed by atoms with Crippen molar-refractivity contribution in [3.63, 3.8) is 0 Å². The van der Waals surface area contributed by atoms with E-state index in [1.807, 2.05) is 42.6 Å². The average Bonchev–Trinajstić information content (AvgIpc) is 2.41. The number of nitrogens with zero attached hydrogens (tertiary/aromatic N) is 1. The van der Waals surface area contributed by atoms with E-state index >= 15 is 0 Å². The molecule has 0 aliphatic carbocycles. The second-order valence-corrected chi connectivity index (χ2v) is 4.55. The first-order valence-electron chi connectivity index (χ1n) is 5.64. The van der Waals surface area contributed by atoms with Crippen LogP contribution in [-0.4, -0.2) is 4.98 Å². The van der Waals surface area contributed by atoms with Gasteiger partial charge in [-0.3, -0.25) is 4.98 Å². The molecule has 0 fully saturated rings. The van der Waals surface area contributed by atoms with Crippen LogP contribution in [0.1, 0.15) is 0 Å². The van der Waals surface area contributed by atoms with Crippen molar-refractivity contribution in [3.05, 3.63) is 59.9 Å². The molecule has 3 heteroatoms. The molecule has 1 heterocycles. The summed E-state index contributed by atoms with van der Waals surface area (Å²) >= 11 is 5.95. The zero-order chi connectivity index (χ0) is 12.5. The van der Waals surface area contributed by atoms with Gasteiger partial charge in [-0.15, -0.1) is 0 Å². The number of nitrogens with two attached hydrogens (primary N) is 1. The van der Waals surface area contributed by atoms with Gasteiger partial charge in [0, 0.05) is 17.8 Å². The second-order valence-electron chi connectivity index (χ2n) is 4.14. The van der Waals surface area contributed by atoms with E-state index in [1.165, 1.54) is 0 Å². The number of benzene rings is 2. The standard InChI is InChI=1S/C15H11ClN2/c16-14-5-4-10(8-15(14)17)12-3-1-2-11-9-18-7-6-13(11)12/h1-9H,17H2. The Bertz CT molecular complexity index is 717. The summed E-state index contributed by atoms with van der Waals surface area (Å²) in [6, 6.07) is 13.9. The van der Waals surface area contributed by atoms with Crippen molar-refractivity contribution in [3.8, 4) is 11.1 Å². The number of rotatable bonds is 1. The molecule has 0 saturated carbocycles. The van der Waals surface area contributed by atoms with E-state index in [2.05, 4.69) is 11.1 Å². The fourth-order valence-electron chi connectivity index (χ4n) is 2.09. The van der Waals surface area contributed by atoms with Gasteiger partial charge in [0.1, 0.15) is 0 Å². The van der Waals surface area contributed by atoms with Crippen molar-refractivity contribution in [2.75, 3.05) is 5.73 Å². The summed E-state index contributed by atoms with van der Waals surface area (Å²) in [4.78, 5) is 4.13. The molecule has 0 amide bonds. The van der Waals surface area contributed by atoms with Gasteiger partial charge in [-0.25, -0.2) is 0 Å². The highest BCUT2D eigenvalue weighted by atomic mass is 35.5. The van der Waals surface area contributed by atoms with Gasteiger partial charge in [0.15, 0.2) is 0 Å². The van der Waals surface area contributed by atoms with Crippen LogP contribution in [0.3, 0.4) is 0 Å². The van der Waals surface area contributed by atoms with Crippen LogP contribution in [0, 0.1) is 0 Å². The quantitative estimate of drug-likeness (QED) is 0.663. The Hall–Kier alpha value is -2.06. The molecular formula is C15H11ClN2. The lowest BCUT2D eigenvalue weighted by Crippen LogP contribution is -1.88. The lowest BCUT2D eigenvalue weighted by Gasteiger charge is -2.08. The van der Waals surface area contributed by atoms with Gasteiger partial charge < -0.3 is 5.73 Å². The number of pyridine rings is 1. The lowest BCUT2D eigenvalue weighted by molar-refractivity contribution is 1.36. The van der Waals surface area contributed by atoms with Gasteiger partial charge in [-0.2, -0.15) is 0 Å². The molecule has 2 N–H and O–H groups in total. The Morgan fingerprint density at radius 2 is 1.94 bits per heavy atom. The van der Waals surface area contributed by atoms with Crippen molar-refractivity contribution in [1.29, 1.82) is 0 Å². The first-order valence-corrected chi connectivity index (χ1v) is 6.01. The van der Waals surface area contributed by atoms with Crippen LogP contribution in [-0.2, 0) is 0 Å². The van der Waals surface area contributed by atoms with E-state index < -0.39 is 0 Å². The number of anilines is 1. The van der Waals surface area contributed by atoms with Crippen LogP contribution in [0.15, 0.2) is 54.9 Å². The predicted octanol–water partition coefficient (Wildman–Crippen LogP) is 4.14. The highest BCUT2D eigenvalue weighted by Crippen LogP contribution is 2.31. The number of aromatic nitrogens is 1. The number of fused-ring (bicyclic) bond motifs is 1. The molecule has 2 nitrogen and oxygen atoms in total. The lowest BCUT2D eigenvalue weighted by atomic mass is 9.99. The van der Waals surface area contributed by atoms with Crippen LogP contribution < -0.4 is 5.73 Å². The van der Waals surface area contributed by atoms with Crippen LogP contribution in [0.2, 0.25) is 5.02 Å². The first kappa shape index (κ1) is 11.1. The Balaban J connectivity index is 2.28. The molecule has 0 bridgehead atoms. The molecule has 0 saturated heterocycles. The molecule has 0 aliphatic heterocycles. The van der Waals surface area contributed by atoms with E-state index in [0.29, 0.717) is 10.7 Å². The van der Waals surface area contributed by atoms with Crippen molar-refractivity contribution in [2.24, 2.45) is 0 Å². The fraction of sp³-hybridized carbons (Fsp3) is 0. The Kier molecular flexibility index (Phi) is 2.65. The second kappa shape index (κ2) is 4.31. The van der Waals surface area contributed by atoms with Gasteiger partial charge in [-0.1, -0.05) is 35.9 Å². The predicted molar refractivity (Wildman–Crippen MR) is 76.6 cm³/mol. The molecule has 0 spiro atoms. The summed E-state index contributed by atoms with van der Waals surface area (Å²) in [5, 5.41) is 2.86. The van der Waals surface area contributed by atoms with Gasteiger partial charge in [0.25, 0.3) is 0 Å². The smallest absolute Gasteiger partial charge is 0.0635 e. The van der Waals surface area contributed by atoms with Gasteiger partial charge in [-0.05, 0) is 34.7 Å². The van der Waals surface area contributed by atoms with Crippen LogP contribution in [0.5, 0.6) is 0 Å². The molecule has 1 aromatic heterocycles. The molecule has 0 unspecified atom stereocenters. The number of hydrogen-bond acceptors (Lipinski definition) is 2. The van der Waals surface area contributed by atoms with Gasteiger partial charge in [0.05, 0.1) is 10.7 Å². The van der Waals surface area contributed by atoms with Crippen LogP contribution in [0.4, 0.5) is 5.69 Å². The number of nitrogen functional groups attached to an aromatic ring is 1. The molecule has 0 atom stereocenters. The summed E-state index contributed by atoms with van der Waals surface area (Å²) in [6.07, 6.45) is 3.66. The summed E-state index contributed by atoms with van der Waals surface area (Å²) in [5.74, 6) is 0. The Morgan fingerprint density at radius 3 is 2.78 bits per heavy atom. The van der Waals surface area contributed by atoms with Crippen molar-refractivity contribution >= 4 is 28.1 Å². The maximum absolute atomic E-state index is 5.95. The van der Waals surface area contributed by atoms with Gasteiger partial charge >= 0.3 is 0 Å². The van der Waals surface area contributed by atoms with Crippen molar-refractivity contribution < 1.29 is 0 Å². The molecule has 3 rings (SSSR count). The molecule has 18 heavy (non-hydrogen) atoms. The molecular weight excluding hydrogens is 244 g/mol. The minimum atomic E-state index is 0.584. The Labute approximate surface area is 110 Å². The maximum atomic E-state index is 5.95. The van der Waals surface area contributed by atoms with Crippen molar-refractivity contribution in [2.45, 2.75) is 0 Å². The topological polar surface area (TPSA) is 38.9 Å². The minimum absolute atomic E-state index is 0.584. The van der Waals surface area contributed by atoms with E-state index in [1.54, 1.807) is 6.20 Å². The zero-order valence-corrected chi connectivity index (χ0v) is 10.4. The zero-order valence-electron chi connectivity index (χ0n) is 9.60.